The molecule has 0 saturated carbocycles. The highest BCUT2D eigenvalue weighted by Crippen LogP contribution is 2.32. The first-order valence-electron chi connectivity index (χ1n) is 11.6. The molecule has 2 aromatic rings. The first-order chi connectivity index (χ1) is 16.3. The van der Waals surface area contributed by atoms with Gasteiger partial charge in [0.15, 0.2) is 5.82 Å². The van der Waals surface area contributed by atoms with Crippen molar-refractivity contribution in [3.63, 3.8) is 0 Å². The van der Waals surface area contributed by atoms with Crippen LogP contribution in [0.3, 0.4) is 0 Å². The maximum absolute atomic E-state index is 15.5. The van der Waals surface area contributed by atoms with Crippen LogP contribution in [0.25, 0.3) is 11.3 Å². The van der Waals surface area contributed by atoms with Crippen molar-refractivity contribution < 1.29 is 23.9 Å². The van der Waals surface area contributed by atoms with Gasteiger partial charge in [-0.1, -0.05) is 6.07 Å². The van der Waals surface area contributed by atoms with E-state index < -0.39 is 17.8 Å². The molecule has 3 aliphatic heterocycles. The van der Waals surface area contributed by atoms with E-state index in [0.717, 1.165) is 19.5 Å². The summed E-state index contributed by atoms with van der Waals surface area (Å²) in [6.07, 6.45) is 2.58. The molecule has 2 N–H and O–H groups in total. The third-order valence-electron chi connectivity index (χ3n) is 7.15. The number of aliphatic hydroxyl groups is 1. The van der Waals surface area contributed by atoms with Crippen LogP contribution in [0.5, 0.6) is 0 Å². The molecule has 0 bridgehead atoms. The van der Waals surface area contributed by atoms with Crippen LogP contribution >= 0.6 is 0 Å². The second-order valence-corrected chi connectivity index (χ2v) is 9.43. The normalized spacial score (nSPS) is 23.9. The van der Waals surface area contributed by atoms with Gasteiger partial charge in [0.2, 0.25) is 11.8 Å². The monoisotopic (exact) mass is 466 g/mol. The van der Waals surface area contributed by atoms with Crippen molar-refractivity contribution in [2.45, 2.75) is 51.4 Å². The molecule has 0 radical (unpaired) electrons. The molecule has 3 unspecified atom stereocenters. The molecule has 178 valence electrons. The molecule has 2 fully saturated rings. The summed E-state index contributed by atoms with van der Waals surface area (Å²) in [5, 5.41) is 12.1. The SMILES string of the molecule is CC(O)C1CCN(Cc2ccnc(-c3ccc4c(c3)CN(C3CCC(=O)NC3=O)C4=O)c2F)C1. The molecule has 2 saturated heterocycles. The molecule has 4 heterocycles. The van der Waals surface area contributed by atoms with Gasteiger partial charge in [-0.2, -0.15) is 0 Å². The highest BCUT2D eigenvalue weighted by atomic mass is 19.1. The maximum atomic E-state index is 15.5. The number of likely N-dealkylation sites (tertiary alicyclic amines) is 1. The molecule has 5 rings (SSSR count). The number of fused-ring (bicyclic) bond motifs is 1. The molecule has 1 aromatic heterocycles. The minimum Gasteiger partial charge on any atom is -0.393 e. The summed E-state index contributed by atoms with van der Waals surface area (Å²) in [5.74, 6) is -1.25. The smallest absolute Gasteiger partial charge is 0.255 e. The molecule has 1 aromatic carbocycles. The number of nitrogens with zero attached hydrogens (tertiary/aromatic N) is 3. The highest BCUT2D eigenvalue weighted by molar-refractivity contribution is 6.05. The summed E-state index contributed by atoms with van der Waals surface area (Å²) >= 11 is 0. The van der Waals surface area contributed by atoms with E-state index in [-0.39, 0.29) is 42.5 Å². The van der Waals surface area contributed by atoms with Crippen LogP contribution in [-0.2, 0) is 22.7 Å². The van der Waals surface area contributed by atoms with E-state index in [1.807, 2.05) is 0 Å². The largest absolute Gasteiger partial charge is 0.393 e. The number of hydrogen-bond donors (Lipinski definition) is 2. The minimum atomic E-state index is -0.690. The van der Waals surface area contributed by atoms with Gasteiger partial charge < -0.3 is 10.0 Å². The molecule has 3 amide bonds. The molecular formula is C25H27FN4O4. The van der Waals surface area contributed by atoms with Gasteiger partial charge in [-0.05, 0) is 56.0 Å². The topological polar surface area (TPSA) is 103 Å². The quantitative estimate of drug-likeness (QED) is 0.652. The van der Waals surface area contributed by atoms with Crippen LogP contribution < -0.4 is 5.32 Å². The summed E-state index contributed by atoms with van der Waals surface area (Å²) in [7, 11) is 0. The number of aromatic nitrogens is 1. The predicted octanol–water partition coefficient (Wildman–Crippen LogP) is 1.85. The number of pyridine rings is 1. The Morgan fingerprint density at radius 3 is 2.79 bits per heavy atom. The fourth-order valence-electron chi connectivity index (χ4n) is 5.17. The molecular weight excluding hydrogens is 439 g/mol. The Labute approximate surface area is 196 Å². The van der Waals surface area contributed by atoms with E-state index in [4.69, 9.17) is 0 Å². The van der Waals surface area contributed by atoms with Gasteiger partial charge in [0.1, 0.15) is 11.7 Å². The van der Waals surface area contributed by atoms with Crippen LogP contribution in [0.2, 0.25) is 0 Å². The minimum absolute atomic E-state index is 0.193. The van der Waals surface area contributed by atoms with E-state index in [9.17, 15) is 19.5 Å². The molecule has 3 atom stereocenters. The number of carbonyl (C=O) groups is 3. The van der Waals surface area contributed by atoms with Crippen LogP contribution in [0.15, 0.2) is 30.5 Å². The van der Waals surface area contributed by atoms with Gasteiger partial charge in [0.05, 0.1) is 6.10 Å². The molecule has 8 nitrogen and oxygen atoms in total. The number of piperidine rings is 1. The second kappa shape index (κ2) is 8.88. The third-order valence-corrected chi connectivity index (χ3v) is 7.15. The Bertz CT molecular complexity index is 1170. The second-order valence-electron chi connectivity index (χ2n) is 9.43. The first kappa shape index (κ1) is 22.6. The van der Waals surface area contributed by atoms with Crippen LogP contribution in [0.1, 0.15) is 47.7 Å². The Hall–Kier alpha value is -3.17. The number of aliphatic hydroxyl groups excluding tert-OH is 1. The van der Waals surface area contributed by atoms with Gasteiger partial charge in [0, 0.05) is 48.9 Å². The summed E-state index contributed by atoms with van der Waals surface area (Å²) < 4.78 is 15.5. The highest BCUT2D eigenvalue weighted by Gasteiger charge is 2.39. The number of carbonyl (C=O) groups excluding carboxylic acids is 3. The van der Waals surface area contributed by atoms with Gasteiger partial charge in [-0.3, -0.25) is 29.6 Å². The number of imide groups is 1. The van der Waals surface area contributed by atoms with E-state index in [1.165, 1.54) is 4.90 Å². The first-order valence-corrected chi connectivity index (χ1v) is 11.6. The van der Waals surface area contributed by atoms with Crippen molar-refractivity contribution in [2.24, 2.45) is 5.92 Å². The van der Waals surface area contributed by atoms with Crippen LogP contribution in [0.4, 0.5) is 4.39 Å². The molecule has 0 aliphatic carbocycles. The van der Waals surface area contributed by atoms with Gasteiger partial charge in [-0.25, -0.2) is 4.39 Å². The fraction of sp³-hybridized carbons (Fsp3) is 0.440. The van der Waals surface area contributed by atoms with Crippen LogP contribution in [-0.4, -0.2) is 62.8 Å². The number of benzene rings is 1. The van der Waals surface area contributed by atoms with Crippen molar-refractivity contribution in [1.82, 2.24) is 20.1 Å². The van der Waals surface area contributed by atoms with Crippen molar-refractivity contribution in [3.05, 3.63) is 53.0 Å². The van der Waals surface area contributed by atoms with E-state index in [0.29, 0.717) is 35.2 Å². The molecule has 9 heteroatoms. The lowest BCUT2D eigenvalue weighted by molar-refractivity contribution is -0.136. The van der Waals surface area contributed by atoms with Crippen molar-refractivity contribution in [1.29, 1.82) is 0 Å². The average Bonchev–Trinajstić information content (AvgIpc) is 3.40. The number of halogens is 1. The lowest BCUT2D eigenvalue weighted by Gasteiger charge is -2.29. The lowest BCUT2D eigenvalue weighted by atomic mass is 10.0. The fourth-order valence-corrected chi connectivity index (χ4v) is 5.17. The van der Waals surface area contributed by atoms with Crippen molar-refractivity contribution in [3.8, 4) is 11.3 Å². The Kier molecular flexibility index (Phi) is 5.91. The van der Waals surface area contributed by atoms with Gasteiger partial charge >= 0.3 is 0 Å². The predicted molar refractivity (Wildman–Crippen MR) is 121 cm³/mol. The van der Waals surface area contributed by atoms with Crippen molar-refractivity contribution >= 4 is 17.7 Å². The average molecular weight is 467 g/mol. The van der Waals surface area contributed by atoms with Gasteiger partial charge in [-0.15, -0.1) is 0 Å². The number of hydrogen-bond acceptors (Lipinski definition) is 6. The van der Waals surface area contributed by atoms with Crippen LogP contribution in [0, 0.1) is 11.7 Å². The van der Waals surface area contributed by atoms with E-state index in [1.54, 1.807) is 37.4 Å². The zero-order chi connectivity index (χ0) is 24.0. The molecule has 0 spiro atoms. The zero-order valence-electron chi connectivity index (χ0n) is 19.0. The third kappa shape index (κ3) is 4.10. The van der Waals surface area contributed by atoms with Gasteiger partial charge in [0.25, 0.3) is 5.91 Å². The number of rotatable bonds is 5. The van der Waals surface area contributed by atoms with E-state index in [2.05, 4.69) is 15.2 Å². The standard InChI is InChI=1S/C25H27FN4O4/c1-14(31)16-7-9-29(11-16)12-17-6-8-27-23(22(17)26)15-2-3-19-18(10-15)13-30(25(19)34)20-4-5-21(32)28-24(20)33/h2-3,6,8,10,14,16,20,31H,4-5,7,9,11-13H2,1H3,(H,28,32,33). The lowest BCUT2D eigenvalue weighted by Crippen LogP contribution is -2.52. The number of nitrogens with one attached hydrogen (secondary N) is 1. The van der Waals surface area contributed by atoms with E-state index >= 15 is 4.39 Å². The number of amides is 3. The summed E-state index contributed by atoms with van der Waals surface area (Å²) in [6, 6.07) is 6.08. The summed E-state index contributed by atoms with van der Waals surface area (Å²) in [5.41, 5.74) is 2.51. The molecule has 34 heavy (non-hydrogen) atoms. The Balaban J connectivity index is 1.36. The Morgan fingerprint density at radius 1 is 1.24 bits per heavy atom. The summed E-state index contributed by atoms with van der Waals surface area (Å²) in [4.78, 5) is 44.5. The molecule has 3 aliphatic rings. The zero-order valence-corrected chi connectivity index (χ0v) is 19.0. The van der Waals surface area contributed by atoms with Crippen molar-refractivity contribution in [2.75, 3.05) is 13.1 Å². The Morgan fingerprint density at radius 2 is 2.06 bits per heavy atom. The maximum Gasteiger partial charge on any atom is 0.255 e. The summed E-state index contributed by atoms with van der Waals surface area (Å²) in [6.45, 7) is 4.00.